The lowest BCUT2D eigenvalue weighted by Crippen LogP contribution is -2.29. The number of nitrogens with one attached hydrogen (secondary N) is 1. The summed E-state index contributed by atoms with van der Waals surface area (Å²) in [5, 5.41) is 3.27. The van der Waals surface area contributed by atoms with Crippen LogP contribution in [0.1, 0.15) is 33.3 Å². The van der Waals surface area contributed by atoms with E-state index in [2.05, 4.69) is 33.0 Å². The molecule has 3 heteroatoms. The van der Waals surface area contributed by atoms with E-state index in [-0.39, 0.29) is 5.41 Å². The van der Waals surface area contributed by atoms with Gasteiger partial charge in [0.05, 0.1) is 0 Å². The highest BCUT2D eigenvalue weighted by Crippen LogP contribution is 2.24. The molecule has 1 aromatic carbocycles. The molecule has 0 aromatic heterocycles. The first-order valence-electron chi connectivity index (χ1n) is 5.95. The average Bonchev–Trinajstić information content (AvgIpc) is 2.22. The van der Waals surface area contributed by atoms with Crippen LogP contribution in [0.5, 0.6) is 0 Å². The molecule has 1 nitrogen and oxygen atoms in total. The lowest BCUT2D eigenvalue weighted by atomic mass is 9.82. The van der Waals surface area contributed by atoms with Crippen molar-refractivity contribution in [2.45, 2.75) is 34.2 Å². The molecule has 0 saturated carbocycles. The van der Waals surface area contributed by atoms with Gasteiger partial charge in [0.25, 0.3) is 0 Å². The maximum atomic E-state index is 13.0. The van der Waals surface area contributed by atoms with E-state index in [1.54, 1.807) is 6.07 Å². The topological polar surface area (TPSA) is 12.0 Å². The molecule has 0 aliphatic heterocycles. The third-order valence-corrected chi connectivity index (χ3v) is 3.24. The smallest absolute Gasteiger partial charge is 0.159 e. The summed E-state index contributed by atoms with van der Waals surface area (Å²) in [5.74, 6) is -1.06. The molecular formula is C14H21F2N. The monoisotopic (exact) mass is 241 g/mol. The molecule has 0 bridgehead atoms. The van der Waals surface area contributed by atoms with Crippen LogP contribution in [0, 0.1) is 23.0 Å². The van der Waals surface area contributed by atoms with Gasteiger partial charge in [-0.3, -0.25) is 0 Å². The fourth-order valence-corrected chi connectivity index (χ4v) is 1.39. The fraction of sp³-hybridized carbons (Fsp3) is 0.571. The van der Waals surface area contributed by atoms with Crippen LogP contribution < -0.4 is 5.32 Å². The number of rotatable bonds is 4. The maximum absolute atomic E-state index is 13.0. The summed E-state index contributed by atoms with van der Waals surface area (Å²) in [7, 11) is 0. The number of hydrogen-bond acceptors (Lipinski definition) is 1. The van der Waals surface area contributed by atoms with Crippen molar-refractivity contribution in [1.29, 1.82) is 0 Å². The Labute approximate surface area is 102 Å². The van der Waals surface area contributed by atoms with Crippen LogP contribution in [0.3, 0.4) is 0 Å². The quantitative estimate of drug-likeness (QED) is 0.846. The number of hydrogen-bond donors (Lipinski definition) is 1. The summed E-state index contributed by atoms with van der Waals surface area (Å²) in [5.41, 5.74) is 1.02. The zero-order valence-corrected chi connectivity index (χ0v) is 11.0. The van der Waals surface area contributed by atoms with E-state index < -0.39 is 11.6 Å². The van der Waals surface area contributed by atoms with Gasteiger partial charge < -0.3 is 5.32 Å². The highest BCUT2D eigenvalue weighted by atomic mass is 19.2. The Morgan fingerprint density at radius 2 is 1.82 bits per heavy atom. The molecule has 1 unspecified atom stereocenters. The minimum Gasteiger partial charge on any atom is -0.312 e. The van der Waals surface area contributed by atoms with Gasteiger partial charge in [-0.2, -0.15) is 0 Å². The highest BCUT2D eigenvalue weighted by Gasteiger charge is 2.19. The summed E-state index contributed by atoms with van der Waals surface area (Å²) in [6.07, 6.45) is 0. The average molecular weight is 241 g/mol. The molecule has 1 rings (SSSR count). The molecule has 96 valence electrons. The normalized spacial score (nSPS) is 13.8. The van der Waals surface area contributed by atoms with Crippen LogP contribution in [0.25, 0.3) is 0 Å². The lowest BCUT2D eigenvalue weighted by Gasteiger charge is -2.27. The van der Waals surface area contributed by atoms with E-state index in [4.69, 9.17) is 0 Å². The molecule has 0 saturated heterocycles. The van der Waals surface area contributed by atoms with Crippen LogP contribution >= 0.6 is 0 Å². The standard InChI is InChI=1S/C14H21F2N/c1-10(14(2,3)4)8-17-9-11-5-6-12(15)13(16)7-11/h5-7,10,17H,8-9H2,1-4H3. The Hall–Kier alpha value is -0.960. The van der Waals surface area contributed by atoms with Crippen molar-refractivity contribution in [2.75, 3.05) is 6.54 Å². The summed E-state index contributed by atoms with van der Waals surface area (Å²) in [6, 6.07) is 4.01. The van der Waals surface area contributed by atoms with Crippen molar-refractivity contribution in [3.05, 3.63) is 35.4 Å². The van der Waals surface area contributed by atoms with Gasteiger partial charge in [-0.1, -0.05) is 33.8 Å². The minimum atomic E-state index is -0.795. The molecule has 1 aromatic rings. The SMILES string of the molecule is CC(CNCc1ccc(F)c(F)c1)C(C)(C)C. The van der Waals surface area contributed by atoms with Gasteiger partial charge in [-0.15, -0.1) is 0 Å². The second-order valence-corrected chi connectivity index (χ2v) is 5.65. The van der Waals surface area contributed by atoms with Crippen molar-refractivity contribution in [2.24, 2.45) is 11.3 Å². The van der Waals surface area contributed by atoms with Crippen molar-refractivity contribution in [3.8, 4) is 0 Å². The highest BCUT2D eigenvalue weighted by molar-refractivity contribution is 5.17. The Morgan fingerprint density at radius 3 is 2.35 bits per heavy atom. The molecule has 0 amide bonds. The van der Waals surface area contributed by atoms with Crippen LogP contribution in [-0.2, 0) is 6.54 Å². The predicted octanol–water partition coefficient (Wildman–Crippen LogP) is 3.74. The molecule has 1 atom stereocenters. The summed E-state index contributed by atoms with van der Waals surface area (Å²) in [6.45, 7) is 10.2. The molecule has 0 fully saturated rings. The van der Waals surface area contributed by atoms with E-state index in [9.17, 15) is 8.78 Å². The first-order chi connectivity index (χ1) is 7.80. The lowest BCUT2D eigenvalue weighted by molar-refractivity contribution is 0.252. The third-order valence-electron chi connectivity index (χ3n) is 3.24. The minimum absolute atomic E-state index is 0.251. The van der Waals surface area contributed by atoms with Crippen LogP contribution in [0.2, 0.25) is 0 Å². The van der Waals surface area contributed by atoms with Crippen molar-refractivity contribution < 1.29 is 8.78 Å². The molecule has 0 radical (unpaired) electrons. The first-order valence-corrected chi connectivity index (χ1v) is 5.95. The van der Waals surface area contributed by atoms with E-state index >= 15 is 0 Å². The van der Waals surface area contributed by atoms with Gasteiger partial charge in [0.15, 0.2) is 11.6 Å². The van der Waals surface area contributed by atoms with Crippen molar-refractivity contribution in [3.63, 3.8) is 0 Å². The molecule has 0 aliphatic carbocycles. The predicted molar refractivity (Wildman–Crippen MR) is 66.7 cm³/mol. The Balaban J connectivity index is 2.44. The Bertz CT molecular complexity index is 369. The number of halogens is 2. The van der Waals surface area contributed by atoms with Gasteiger partial charge in [0.1, 0.15) is 0 Å². The molecule has 17 heavy (non-hydrogen) atoms. The van der Waals surface area contributed by atoms with Gasteiger partial charge in [-0.25, -0.2) is 8.78 Å². The largest absolute Gasteiger partial charge is 0.312 e. The van der Waals surface area contributed by atoms with Crippen molar-refractivity contribution >= 4 is 0 Å². The van der Waals surface area contributed by atoms with Crippen LogP contribution in [0.4, 0.5) is 8.78 Å². The van der Waals surface area contributed by atoms with E-state index in [1.165, 1.54) is 12.1 Å². The first kappa shape index (κ1) is 14.1. The molecule has 0 aliphatic rings. The summed E-state index contributed by atoms with van der Waals surface area (Å²) in [4.78, 5) is 0. The van der Waals surface area contributed by atoms with Gasteiger partial charge in [-0.05, 0) is 35.6 Å². The second kappa shape index (κ2) is 5.58. The molecule has 0 heterocycles. The fourth-order valence-electron chi connectivity index (χ4n) is 1.39. The summed E-state index contributed by atoms with van der Waals surface area (Å²) >= 11 is 0. The van der Waals surface area contributed by atoms with Crippen molar-refractivity contribution in [1.82, 2.24) is 5.32 Å². The van der Waals surface area contributed by atoms with E-state index in [0.29, 0.717) is 12.5 Å². The van der Waals surface area contributed by atoms with E-state index in [0.717, 1.165) is 12.1 Å². The molecule has 0 spiro atoms. The van der Waals surface area contributed by atoms with Crippen LogP contribution in [-0.4, -0.2) is 6.54 Å². The molecular weight excluding hydrogens is 220 g/mol. The third kappa shape index (κ3) is 4.43. The maximum Gasteiger partial charge on any atom is 0.159 e. The van der Waals surface area contributed by atoms with Crippen LogP contribution in [0.15, 0.2) is 18.2 Å². The zero-order chi connectivity index (χ0) is 13.1. The van der Waals surface area contributed by atoms with E-state index in [1.807, 2.05) is 0 Å². The Kier molecular flexibility index (Phi) is 4.63. The van der Waals surface area contributed by atoms with Gasteiger partial charge in [0.2, 0.25) is 0 Å². The Morgan fingerprint density at radius 1 is 1.18 bits per heavy atom. The number of benzene rings is 1. The van der Waals surface area contributed by atoms with Gasteiger partial charge in [0, 0.05) is 6.54 Å². The molecule has 1 N–H and O–H groups in total. The van der Waals surface area contributed by atoms with Gasteiger partial charge >= 0.3 is 0 Å². The second-order valence-electron chi connectivity index (χ2n) is 5.65. The zero-order valence-electron chi connectivity index (χ0n) is 11.0. The summed E-state index contributed by atoms with van der Waals surface area (Å²) < 4.78 is 25.7.